The van der Waals surface area contributed by atoms with Crippen LogP contribution in [0, 0.1) is 18.6 Å². The van der Waals surface area contributed by atoms with Gasteiger partial charge in [0.25, 0.3) is 0 Å². The van der Waals surface area contributed by atoms with Gasteiger partial charge in [-0.1, -0.05) is 22.0 Å². The fourth-order valence-corrected chi connectivity index (χ4v) is 2.85. The third-order valence-corrected chi connectivity index (χ3v) is 3.80. The molecule has 2 aromatic carbocycles. The summed E-state index contributed by atoms with van der Waals surface area (Å²) in [7, 11) is 0. The van der Waals surface area contributed by atoms with Crippen LogP contribution in [0.25, 0.3) is 0 Å². The zero-order valence-corrected chi connectivity index (χ0v) is 13.1. The van der Waals surface area contributed by atoms with Gasteiger partial charge in [-0.2, -0.15) is 0 Å². The fourth-order valence-electron chi connectivity index (χ4n) is 1.88. The molecule has 0 aliphatic heterocycles. The maximum absolute atomic E-state index is 13.9. The highest BCUT2D eigenvalue weighted by atomic mass is 79.9. The Balaban J connectivity index is 2.55. The third kappa shape index (κ3) is 3.04. The van der Waals surface area contributed by atoms with Gasteiger partial charge in [-0.3, -0.25) is 0 Å². The van der Waals surface area contributed by atoms with Crippen molar-refractivity contribution in [3.63, 3.8) is 0 Å². The second-order valence-corrected chi connectivity index (χ2v) is 5.99. The Labute approximate surface area is 126 Å². The van der Waals surface area contributed by atoms with Crippen molar-refractivity contribution in [2.45, 2.75) is 13.0 Å². The zero-order valence-electron chi connectivity index (χ0n) is 9.92. The van der Waals surface area contributed by atoms with E-state index in [9.17, 15) is 13.9 Å². The van der Waals surface area contributed by atoms with E-state index in [0.29, 0.717) is 5.56 Å². The molecule has 0 saturated heterocycles. The van der Waals surface area contributed by atoms with Crippen LogP contribution in [0.15, 0.2) is 39.3 Å². The van der Waals surface area contributed by atoms with Crippen molar-refractivity contribution in [3.05, 3.63) is 67.6 Å². The molecule has 0 saturated carbocycles. The molecule has 2 aromatic rings. The number of rotatable bonds is 2. The largest absolute Gasteiger partial charge is 0.383 e. The topological polar surface area (TPSA) is 20.2 Å². The molecular formula is C14H10Br2F2O. The van der Waals surface area contributed by atoms with Crippen LogP contribution in [0.2, 0.25) is 0 Å². The summed E-state index contributed by atoms with van der Waals surface area (Å²) in [5.41, 5.74) is 0.967. The lowest BCUT2D eigenvalue weighted by atomic mass is 9.99. The monoisotopic (exact) mass is 390 g/mol. The van der Waals surface area contributed by atoms with E-state index in [0.717, 1.165) is 16.1 Å². The number of halogens is 4. The van der Waals surface area contributed by atoms with E-state index in [1.807, 2.05) is 13.0 Å². The van der Waals surface area contributed by atoms with Crippen molar-refractivity contribution in [2.24, 2.45) is 0 Å². The third-order valence-electron chi connectivity index (χ3n) is 2.73. The molecule has 0 aliphatic rings. The molecule has 0 amide bonds. The van der Waals surface area contributed by atoms with Crippen LogP contribution in [-0.2, 0) is 0 Å². The Kier molecular flexibility index (Phi) is 4.38. The summed E-state index contributed by atoms with van der Waals surface area (Å²) in [6.45, 7) is 1.84. The molecule has 1 unspecified atom stereocenters. The lowest BCUT2D eigenvalue weighted by Crippen LogP contribution is -2.06. The van der Waals surface area contributed by atoms with E-state index in [4.69, 9.17) is 0 Å². The van der Waals surface area contributed by atoms with Gasteiger partial charge in [0.15, 0.2) is 0 Å². The van der Waals surface area contributed by atoms with Gasteiger partial charge >= 0.3 is 0 Å². The number of aryl methyl sites for hydroxylation is 1. The van der Waals surface area contributed by atoms with E-state index in [-0.39, 0.29) is 10.0 Å². The first-order chi connectivity index (χ1) is 8.90. The quantitative estimate of drug-likeness (QED) is 0.723. The van der Waals surface area contributed by atoms with Crippen LogP contribution in [0.1, 0.15) is 22.8 Å². The SMILES string of the molecule is Cc1cc(Br)cc(C(O)c2c(F)ccc(Br)c2F)c1. The highest BCUT2D eigenvalue weighted by Gasteiger charge is 2.22. The van der Waals surface area contributed by atoms with E-state index < -0.39 is 17.7 Å². The summed E-state index contributed by atoms with van der Waals surface area (Å²) in [4.78, 5) is 0. The fraction of sp³-hybridized carbons (Fsp3) is 0.143. The molecule has 0 aromatic heterocycles. The normalized spacial score (nSPS) is 12.5. The minimum atomic E-state index is -1.35. The van der Waals surface area contributed by atoms with Gasteiger partial charge in [-0.15, -0.1) is 0 Å². The van der Waals surface area contributed by atoms with Crippen molar-refractivity contribution >= 4 is 31.9 Å². The number of hydrogen-bond acceptors (Lipinski definition) is 1. The van der Waals surface area contributed by atoms with Gasteiger partial charge in [-0.05, 0) is 58.2 Å². The number of hydrogen-bond donors (Lipinski definition) is 1. The smallest absolute Gasteiger partial charge is 0.146 e. The summed E-state index contributed by atoms with van der Waals surface area (Å²) in [5, 5.41) is 10.2. The predicted octanol–water partition coefficient (Wildman–Crippen LogP) is 4.88. The highest BCUT2D eigenvalue weighted by Crippen LogP contribution is 2.32. The maximum atomic E-state index is 13.9. The van der Waals surface area contributed by atoms with Crippen molar-refractivity contribution in [3.8, 4) is 0 Å². The molecular weight excluding hydrogens is 382 g/mol. The standard InChI is InChI=1S/C14H10Br2F2O/c1-7-4-8(6-9(15)5-7)14(19)12-11(17)3-2-10(16)13(12)18/h2-6,14,19H,1H3. The van der Waals surface area contributed by atoms with Crippen LogP contribution < -0.4 is 0 Å². The lowest BCUT2D eigenvalue weighted by molar-refractivity contribution is 0.208. The van der Waals surface area contributed by atoms with Crippen LogP contribution in [0.5, 0.6) is 0 Å². The molecule has 0 fully saturated rings. The summed E-state index contributed by atoms with van der Waals surface area (Å²) in [5.74, 6) is -1.56. The Hall–Kier alpha value is -0.780. The first kappa shape index (κ1) is 14.6. The van der Waals surface area contributed by atoms with Gasteiger partial charge in [0.1, 0.15) is 17.7 Å². The second-order valence-electron chi connectivity index (χ2n) is 4.22. The van der Waals surface area contributed by atoms with Crippen LogP contribution in [0.3, 0.4) is 0 Å². The summed E-state index contributed by atoms with van der Waals surface area (Å²) < 4.78 is 28.5. The molecule has 100 valence electrons. The van der Waals surface area contributed by atoms with Crippen molar-refractivity contribution in [1.29, 1.82) is 0 Å². The molecule has 19 heavy (non-hydrogen) atoms. The first-order valence-electron chi connectivity index (χ1n) is 5.48. The minimum Gasteiger partial charge on any atom is -0.383 e. The minimum absolute atomic E-state index is 0.120. The Bertz CT molecular complexity index is 609. The molecule has 0 bridgehead atoms. The van der Waals surface area contributed by atoms with Gasteiger partial charge in [-0.25, -0.2) is 8.78 Å². The average Bonchev–Trinajstić information content (AvgIpc) is 2.33. The molecule has 2 rings (SSSR count). The molecule has 0 aliphatic carbocycles. The molecule has 5 heteroatoms. The Morgan fingerprint density at radius 2 is 1.79 bits per heavy atom. The van der Waals surface area contributed by atoms with Crippen molar-refractivity contribution < 1.29 is 13.9 Å². The van der Waals surface area contributed by atoms with E-state index in [1.54, 1.807) is 12.1 Å². The average molecular weight is 392 g/mol. The van der Waals surface area contributed by atoms with E-state index in [2.05, 4.69) is 31.9 Å². The van der Waals surface area contributed by atoms with Gasteiger partial charge in [0, 0.05) is 4.47 Å². The van der Waals surface area contributed by atoms with E-state index in [1.165, 1.54) is 6.07 Å². The first-order valence-corrected chi connectivity index (χ1v) is 7.07. The second kappa shape index (κ2) is 5.69. The van der Waals surface area contributed by atoms with Crippen LogP contribution in [0.4, 0.5) is 8.78 Å². The summed E-state index contributed by atoms with van der Waals surface area (Å²) in [6, 6.07) is 7.57. The number of aliphatic hydroxyl groups excluding tert-OH is 1. The molecule has 1 N–H and O–H groups in total. The molecule has 0 radical (unpaired) electrons. The van der Waals surface area contributed by atoms with Crippen LogP contribution >= 0.6 is 31.9 Å². The molecule has 0 heterocycles. The maximum Gasteiger partial charge on any atom is 0.146 e. The zero-order chi connectivity index (χ0) is 14.2. The van der Waals surface area contributed by atoms with Gasteiger partial charge in [0.05, 0.1) is 10.0 Å². The molecule has 1 nitrogen and oxygen atoms in total. The molecule has 0 spiro atoms. The summed E-state index contributed by atoms with van der Waals surface area (Å²) in [6.07, 6.45) is -1.35. The van der Waals surface area contributed by atoms with Crippen molar-refractivity contribution in [1.82, 2.24) is 0 Å². The van der Waals surface area contributed by atoms with Gasteiger partial charge < -0.3 is 5.11 Å². The Morgan fingerprint density at radius 1 is 1.11 bits per heavy atom. The highest BCUT2D eigenvalue weighted by molar-refractivity contribution is 9.10. The number of benzene rings is 2. The molecule has 1 atom stereocenters. The van der Waals surface area contributed by atoms with Gasteiger partial charge in [0.2, 0.25) is 0 Å². The summed E-state index contributed by atoms with van der Waals surface area (Å²) >= 11 is 6.29. The van der Waals surface area contributed by atoms with Crippen LogP contribution in [-0.4, -0.2) is 5.11 Å². The predicted molar refractivity (Wildman–Crippen MR) is 77.0 cm³/mol. The lowest BCUT2D eigenvalue weighted by Gasteiger charge is -2.15. The number of aliphatic hydroxyl groups is 1. The van der Waals surface area contributed by atoms with E-state index >= 15 is 0 Å². The Morgan fingerprint density at radius 3 is 2.42 bits per heavy atom. The van der Waals surface area contributed by atoms with Crippen molar-refractivity contribution in [2.75, 3.05) is 0 Å².